The Hall–Kier alpha value is -0.820. The van der Waals surface area contributed by atoms with Crippen molar-refractivity contribution >= 4 is 0 Å². The molecular formula is C21H37N. The molecule has 1 unspecified atom stereocenters. The monoisotopic (exact) mass is 303 g/mol. The standard InChI is InChI=1S/C21H37N/c1-3-5-7-8-9-10-14-18-21(22-19-15-6-4-2)20-16-12-11-13-17-20/h11-13,16-17,21-22H,3-10,14-15,18-19H2,1-2H3. The molecule has 1 nitrogen and oxygen atoms in total. The maximum Gasteiger partial charge on any atom is 0.0320 e. The van der Waals surface area contributed by atoms with Crippen LogP contribution in [0.2, 0.25) is 0 Å². The van der Waals surface area contributed by atoms with Gasteiger partial charge >= 0.3 is 0 Å². The smallest absolute Gasteiger partial charge is 0.0320 e. The van der Waals surface area contributed by atoms with Crippen LogP contribution in [-0.4, -0.2) is 6.54 Å². The van der Waals surface area contributed by atoms with E-state index >= 15 is 0 Å². The van der Waals surface area contributed by atoms with E-state index in [4.69, 9.17) is 0 Å². The maximum atomic E-state index is 3.78. The Morgan fingerprint density at radius 3 is 2.00 bits per heavy atom. The first-order valence-corrected chi connectivity index (χ1v) is 9.66. The number of hydrogen-bond acceptors (Lipinski definition) is 1. The lowest BCUT2D eigenvalue weighted by Crippen LogP contribution is -2.22. The van der Waals surface area contributed by atoms with E-state index in [9.17, 15) is 0 Å². The van der Waals surface area contributed by atoms with Gasteiger partial charge in [-0.2, -0.15) is 0 Å². The third kappa shape index (κ3) is 9.25. The summed E-state index contributed by atoms with van der Waals surface area (Å²) in [7, 11) is 0. The van der Waals surface area contributed by atoms with Gasteiger partial charge in [0, 0.05) is 6.04 Å². The van der Waals surface area contributed by atoms with Gasteiger partial charge in [-0.05, 0) is 24.9 Å². The first kappa shape index (κ1) is 19.2. The lowest BCUT2D eigenvalue weighted by molar-refractivity contribution is 0.457. The van der Waals surface area contributed by atoms with Crippen molar-refractivity contribution in [3.63, 3.8) is 0 Å². The highest BCUT2D eigenvalue weighted by Gasteiger charge is 2.09. The van der Waals surface area contributed by atoms with Crippen LogP contribution in [0.3, 0.4) is 0 Å². The molecule has 1 aromatic rings. The molecule has 1 aromatic carbocycles. The van der Waals surface area contributed by atoms with E-state index in [0.717, 1.165) is 6.54 Å². The summed E-state index contributed by atoms with van der Waals surface area (Å²) in [6.07, 6.45) is 15.0. The van der Waals surface area contributed by atoms with E-state index < -0.39 is 0 Å². The van der Waals surface area contributed by atoms with Gasteiger partial charge in [-0.15, -0.1) is 0 Å². The van der Waals surface area contributed by atoms with Gasteiger partial charge in [0.1, 0.15) is 0 Å². The Balaban J connectivity index is 2.26. The van der Waals surface area contributed by atoms with Crippen LogP contribution < -0.4 is 5.32 Å². The van der Waals surface area contributed by atoms with Gasteiger partial charge in [0.2, 0.25) is 0 Å². The van der Waals surface area contributed by atoms with Gasteiger partial charge in [-0.3, -0.25) is 0 Å². The van der Waals surface area contributed by atoms with Crippen molar-refractivity contribution in [2.75, 3.05) is 6.54 Å². The van der Waals surface area contributed by atoms with E-state index in [0.29, 0.717) is 6.04 Å². The predicted molar refractivity (Wildman–Crippen MR) is 99.3 cm³/mol. The fourth-order valence-electron chi connectivity index (χ4n) is 3.03. The van der Waals surface area contributed by atoms with E-state index in [-0.39, 0.29) is 0 Å². The van der Waals surface area contributed by atoms with Crippen molar-refractivity contribution in [1.82, 2.24) is 5.32 Å². The van der Waals surface area contributed by atoms with Gasteiger partial charge in [0.05, 0.1) is 0 Å². The van der Waals surface area contributed by atoms with Crippen molar-refractivity contribution in [2.45, 2.75) is 90.5 Å². The second kappa shape index (κ2) is 13.8. The molecule has 126 valence electrons. The summed E-state index contributed by atoms with van der Waals surface area (Å²) in [6, 6.07) is 11.6. The molecular weight excluding hydrogens is 266 g/mol. The van der Waals surface area contributed by atoms with Crippen LogP contribution in [0.5, 0.6) is 0 Å². The van der Waals surface area contributed by atoms with Crippen LogP contribution in [0.1, 0.15) is 96.1 Å². The van der Waals surface area contributed by atoms with Crippen LogP contribution in [0.4, 0.5) is 0 Å². The van der Waals surface area contributed by atoms with E-state index in [2.05, 4.69) is 49.5 Å². The van der Waals surface area contributed by atoms with E-state index in [1.807, 2.05) is 0 Å². The fourth-order valence-corrected chi connectivity index (χ4v) is 3.03. The topological polar surface area (TPSA) is 12.0 Å². The van der Waals surface area contributed by atoms with Crippen molar-refractivity contribution in [3.05, 3.63) is 35.9 Å². The molecule has 0 aliphatic rings. The van der Waals surface area contributed by atoms with Gasteiger partial charge in [0.25, 0.3) is 0 Å². The second-order valence-corrected chi connectivity index (χ2v) is 6.53. The molecule has 0 bridgehead atoms. The highest BCUT2D eigenvalue weighted by atomic mass is 14.9. The lowest BCUT2D eigenvalue weighted by atomic mass is 9.99. The Morgan fingerprint density at radius 2 is 1.32 bits per heavy atom. The van der Waals surface area contributed by atoms with E-state index in [1.54, 1.807) is 0 Å². The third-order valence-corrected chi connectivity index (χ3v) is 4.47. The average molecular weight is 304 g/mol. The molecule has 0 spiro atoms. The molecule has 0 aliphatic carbocycles. The Kier molecular flexibility index (Phi) is 12.1. The zero-order valence-corrected chi connectivity index (χ0v) is 14.9. The minimum atomic E-state index is 0.550. The van der Waals surface area contributed by atoms with Crippen LogP contribution in [0, 0.1) is 0 Å². The normalized spacial score (nSPS) is 12.5. The summed E-state index contributed by atoms with van der Waals surface area (Å²) in [6.45, 7) is 5.71. The third-order valence-electron chi connectivity index (χ3n) is 4.47. The first-order chi connectivity index (χ1) is 10.9. The summed E-state index contributed by atoms with van der Waals surface area (Å²) in [5, 5.41) is 3.78. The number of unbranched alkanes of at least 4 members (excludes halogenated alkanes) is 8. The minimum Gasteiger partial charge on any atom is -0.310 e. The van der Waals surface area contributed by atoms with Crippen molar-refractivity contribution in [2.24, 2.45) is 0 Å². The summed E-state index contributed by atoms with van der Waals surface area (Å²) >= 11 is 0. The van der Waals surface area contributed by atoms with Crippen molar-refractivity contribution in [1.29, 1.82) is 0 Å². The molecule has 0 fully saturated rings. The zero-order chi connectivity index (χ0) is 15.9. The first-order valence-electron chi connectivity index (χ1n) is 9.66. The van der Waals surface area contributed by atoms with Crippen LogP contribution in [0.25, 0.3) is 0 Å². The summed E-state index contributed by atoms with van der Waals surface area (Å²) in [5.41, 5.74) is 1.46. The number of rotatable bonds is 14. The van der Waals surface area contributed by atoms with E-state index in [1.165, 1.54) is 76.2 Å². The zero-order valence-electron chi connectivity index (χ0n) is 14.9. The van der Waals surface area contributed by atoms with Crippen molar-refractivity contribution in [3.8, 4) is 0 Å². The average Bonchev–Trinajstić information content (AvgIpc) is 2.56. The molecule has 1 N–H and O–H groups in total. The summed E-state index contributed by atoms with van der Waals surface area (Å²) in [4.78, 5) is 0. The molecule has 0 amide bonds. The number of hydrogen-bond donors (Lipinski definition) is 1. The van der Waals surface area contributed by atoms with Crippen LogP contribution >= 0.6 is 0 Å². The molecule has 0 saturated carbocycles. The molecule has 0 saturated heterocycles. The van der Waals surface area contributed by atoms with Crippen molar-refractivity contribution < 1.29 is 0 Å². The second-order valence-electron chi connectivity index (χ2n) is 6.53. The largest absolute Gasteiger partial charge is 0.310 e. The predicted octanol–water partition coefficient (Wildman–Crippen LogP) is 6.65. The summed E-state index contributed by atoms with van der Waals surface area (Å²) in [5.74, 6) is 0. The minimum absolute atomic E-state index is 0.550. The molecule has 1 rings (SSSR count). The molecule has 22 heavy (non-hydrogen) atoms. The molecule has 0 aromatic heterocycles. The lowest BCUT2D eigenvalue weighted by Gasteiger charge is -2.19. The van der Waals surface area contributed by atoms with Crippen LogP contribution in [0.15, 0.2) is 30.3 Å². The highest BCUT2D eigenvalue weighted by Crippen LogP contribution is 2.20. The Labute approximate surface area is 138 Å². The Morgan fingerprint density at radius 1 is 0.727 bits per heavy atom. The number of nitrogens with one attached hydrogen (secondary N) is 1. The molecule has 0 aliphatic heterocycles. The van der Waals surface area contributed by atoms with Gasteiger partial charge in [0.15, 0.2) is 0 Å². The highest BCUT2D eigenvalue weighted by molar-refractivity contribution is 5.18. The molecule has 1 heteroatoms. The summed E-state index contributed by atoms with van der Waals surface area (Å²) < 4.78 is 0. The van der Waals surface area contributed by atoms with Gasteiger partial charge < -0.3 is 5.32 Å². The fraction of sp³-hybridized carbons (Fsp3) is 0.714. The Bertz CT molecular complexity index is 333. The molecule has 0 heterocycles. The number of benzene rings is 1. The van der Waals surface area contributed by atoms with Gasteiger partial charge in [-0.25, -0.2) is 0 Å². The van der Waals surface area contributed by atoms with Gasteiger partial charge in [-0.1, -0.05) is 102 Å². The maximum absolute atomic E-state index is 3.78. The molecule has 0 radical (unpaired) electrons. The SMILES string of the molecule is CCCCCCCCCC(NCCCCC)c1ccccc1. The molecule has 1 atom stereocenters. The quantitative estimate of drug-likeness (QED) is 0.379. The van der Waals surface area contributed by atoms with Crippen LogP contribution in [-0.2, 0) is 0 Å².